The molecule has 0 saturated heterocycles. The van der Waals surface area contributed by atoms with E-state index < -0.39 is 0 Å². The zero-order valence-electron chi connectivity index (χ0n) is 17.7. The molecule has 0 radical (unpaired) electrons. The fourth-order valence-electron chi connectivity index (χ4n) is 2.95. The van der Waals surface area contributed by atoms with Gasteiger partial charge in [0.1, 0.15) is 5.75 Å². The van der Waals surface area contributed by atoms with E-state index in [-0.39, 0.29) is 17.2 Å². The number of rotatable bonds is 5. The molecular formula is C25H26N2O3. The number of amides is 2. The first-order valence-corrected chi connectivity index (χ1v) is 9.73. The predicted octanol–water partition coefficient (Wildman–Crippen LogP) is 5.50. The van der Waals surface area contributed by atoms with Gasteiger partial charge in [0.05, 0.1) is 7.11 Å². The van der Waals surface area contributed by atoms with E-state index in [2.05, 4.69) is 31.4 Å². The van der Waals surface area contributed by atoms with Gasteiger partial charge in [-0.2, -0.15) is 0 Å². The molecular weight excluding hydrogens is 376 g/mol. The van der Waals surface area contributed by atoms with E-state index in [0.717, 1.165) is 0 Å². The van der Waals surface area contributed by atoms with E-state index >= 15 is 0 Å². The third-order valence-electron chi connectivity index (χ3n) is 4.74. The molecule has 5 heteroatoms. The SMILES string of the molecule is COc1ccc(C(=O)Nc2cccc(NC(=O)c3ccc(C(C)(C)C)cc3)c2)cc1. The second kappa shape index (κ2) is 8.82. The maximum atomic E-state index is 12.6. The molecule has 0 heterocycles. The smallest absolute Gasteiger partial charge is 0.255 e. The molecule has 0 atom stereocenters. The first kappa shape index (κ1) is 21.1. The third-order valence-corrected chi connectivity index (χ3v) is 4.74. The molecule has 0 aliphatic heterocycles. The summed E-state index contributed by atoms with van der Waals surface area (Å²) in [6.45, 7) is 6.40. The lowest BCUT2D eigenvalue weighted by Gasteiger charge is -2.19. The van der Waals surface area contributed by atoms with E-state index in [4.69, 9.17) is 4.74 Å². The van der Waals surface area contributed by atoms with Gasteiger partial charge in [-0.1, -0.05) is 39.0 Å². The van der Waals surface area contributed by atoms with Crippen LogP contribution < -0.4 is 15.4 Å². The molecule has 0 saturated carbocycles. The summed E-state index contributed by atoms with van der Waals surface area (Å²) >= 11 is 0. The number of benzene rings is 3. The van der Waals surface area contributed by atoms with Gasteiger partial charge in [0.25, 0.3) is 11.8 Å². The number of anilines is 2. The van der Waals surface area contributed by atoms with Crippen molar-refractivity contribution in [1.82, 2.24) is 0 Å². The summed E-state index contributed by atoms with van der Waals surface area (Å²) in [5, 5.41) is 5.72. The first-order chi connectivity index (χ1) is 14.3. The molecule has 3 aromatic carbocycles. The molecule has 0 bridgehead atoms. The quantitative estimate of drug-likeness (QED) is 0.592. The standard InChI is InChI=1S/C25H26N2O3/c1-25(2,3)19-12-8-17(9-13-19)23(28)26-20-6-5-7-21(16-20)27-24(29)18-10-14-22(30-4)15-11-18/h5-16H,1-4H3,(H,26,28)(H,27,29). The van der Waals surface area contributed by atoms with E-state index in [1.54, 1.807) is 55.6 Å². The topological polar surface area (TPSA) is 67.4 Å². The second-order valence-corrected chi connectivity index (χ2v) is 8.04. The number of carbonyl (C=O) groups excluding carboxylic acids is 2. The Morgan fingerprint density at radius 1 is 0.733 bits per heavy atom. The number of nitrogens with one attached hydrogen (secondary N) is 2. The molecule has 0 spiro atoms. The maximum Gasteiger partial charge on any atom is 0.255 e. The lowest BCUT2D eigenvalue weighted by molar-refractivity contribution is 0.101. The zero-order chi connectivity index (χ0) is 21.7. The molecule has 0 unspecified atom stereocenters. The monoisotopic (exact) mass is 402 g/mol. The minimum atomic E-state index is -0.237. The van der Waals surface area contributed by atoms with Crippen molar-refractivity contribution in [3.05, 3.63) is 89.5 Å². The van der Waals surface area contributed by atoms with Crippen LogP contribution in [0, 0.1) is 0 Å². The summed E-state index contributed by atoms with van der Waals surface area (Å²) in [6.07, 6.45) is 0. The van der Waals surface area contributed by atoms with E-state index in [1.807, 2.05) is 24.3 Å². The Morgan fingerprint density at radius 3 is 1.63 bits per heavy atom. The van der Waals surface area contributed by atoms with Crippen molar-refractivity contribution in [2.24, 2.45) is 0 Å². The highest BCUT2D eigenvalue weighted by molar-refractivity contribution is 6.06. The van der Waals surface area contributed by atoms with Gasteiger partial charge in [-0.15, -0.1) is 0 Å². The van der Waals surface area contributed by atoms with Crippen LogP contribution in [0.15, 0.2) is 72.8 Å². The Labute approximate surface area is 177 Å². The van der Waals surface area contributed by atoms with Gasteiger partial charge in [0.15, 0.2) is 0 Å². The molecule has 154 valence electrons. The summed E-state index contributed by atoms with van der Waals surface area (Å²) in [5.41, 5.74) is 3.50. The summed E-state index contributed by atoms with van der Waals surface area (Å²) < 4.78 is 5.11. The van der Waals surface area contributed by atoms with Crippen LogP contribution in [0.1, 0.15) is 47.1 Å². The minimum absolute atomic E-state index is 0.0332. The van der Waals surface area contributed by atoms with Gasteiger partial charge in [0, 0.05) is 22.5 Å². The second-order valence-electron chi connectivity index (χ2n) is 8.04. The van der Waals surface area contributed by atoms with Crippen molar-refractivity contribution in [1.29, 1.82) is 0 Å². The summed E-state index contributed by atoms with van der Waals surface area (Å²) in [4.78, 5) is 25.0. The zero-order valence-corrected chi connectivity index (χ0v) is 17.7. The number of hydrogen-bond donors (Lipinski definition) is 2. The molecule has 2 N–H and O–H groups in total. The molecule has 30 heavy (non-hydrogen) atoms. The number of methoxy groups -OCH3 is 1. The number of carbonyl (C=O) groups is 2. The molecule has 0 aromatic heterocycles. The minimum Gasteiger partial charge on any atom is -0.497 e. The van der Waals surface area contributed by atoms with Crippen molar-refractivity contribution >= 4 is 23.2 Å². The van der Waals surface area contributed by atoms with Crippen LogP contribution in [0.5, 0.6) is 5.75 Å². The fourth-order valence-corrected chi connectivity index (χ4v) is 2.95. The van der Waals surface area contributed by atoms with Crippen LogP contribution in [0.4, 0.5) is 11.4 Å². The van der Waals surface area contributed by atoms with Gasteiger partial charge in [-0.25, -0.2) is 0 Å². The first-order valence-electron chi connectivity index (χ1n) is 9.73. The lowest BCUT2D eigenvalue weighted by Crippen LogP contribution is -2.15. The number of ether oxygens (including phenoxy) is 1. The van der Waals surface area contributed by atoms with Crippen LogP contribution >= 0.6 is 0 Å². The average Bonchev–Trinajstić information content (AvgIpc) is 2.73. The van der Waals surface area contributed by atoms with Crippen LogP contribution in [-0.4, -0.2) is 18.9 Å². The highest BCUT2D eigenvalue weighted by atomic mass is 16.5. The lowest BCUT2D eigenvalue weighted by atomic mass is 9.87. The fraction of sp³-hybridized carbons (Fsp3) is 0.200. The molecule has 3 rings (SSSR count). The normalized spacial score (nSPS) is 10.9. The van der Waals surface area contributed by atoms with Crippen molar-refractivity contribution in [2.75, 3.05) is 17.7 Å². The highest BCUT2D eigenvalue weighted by Gasteiger charge is 2.14. The molecule has 0 aliphatic rings. The Morgan fingerprint density at radius 2 is 1.20 bits per heavy atom. The predicted molar refractivity (Wildman–Crippen MR) is 120 cm³/mol. The van der Waals surface area contributed by atoms with Gasteiger partial charge in [-0.3, -0.25) is 9.59 Å². The van der Waals surface area contributed by atoms with Crippen LogP contribution in [0.2, 0.25) is 0 Å². The molecule has 3 aromatic rings. The van der Waals surface area contributed by atoms with E-state index in [1.165, 1.54) is 5.56 Å². The molecule has 0 aliphatic carbocycles. The Hall–Kier alpha value is -3.60. The Kier molecular flexibility index (Phi) is 6.21. The van der Waals surface area contributed by atoms with Gasteiger partial charge < -0.3 is 15.4 Å². The molecule has 5 nitrogen and oxygen atoms in total. The van der Waals surface area contributed by atoms with Gasteiger partial charge in [0.2, 0.25) is 0 Å². The highest BCUT2D eigenvalue weighted by Crippen LogP contribution is 2.23. The number of hydrogen-bond acceptors (Lipinski definition) is 3. The van der Waals surface area contributed by atoms with Crippen molar-refractivity contribution in [3.8, 4) is 5.75 Å². The summed E-state index contributed by atoms with van der Waals surface area (Å²) in [6, 6.07) is 21.5. The maximum absolute atomic E-state index is 12.6. The largest absolute Gasteiger partial charge is 0.497 e. The van der Waals surface area contributed by atoms with Gasteiger partial charge in [-0.05, 0) is 65.6 Å². The van der Waals surface area contributed by atoms with Gasteiger partial charge >= 0.3 is 0 Å². The van der Waals surface area contributed by atoms with Crippen LogP contribution in [-0.2, 0) is 5.41 Å². The van der Waals surface area contributed by atoms with E-state index in [0.29, 0.717) is 28.3 Å². The van der Waals surface area contributed by atoms with Crippen molar-refractivity contribution in [3.63, 3.8) is 0 Å². The Bertz CT molecular complexity index is 1030. The van der Waals surface area contributed by atoms with Crippen LogP contribution in [0.25, 0.3) is 0 Å². The Balaban J connectivity index is 1.67. The molecule has 0 fully saturated rings. The summed E-state index contributed by atoms with van der Waals surface area (Å²) in [5.74, 6) is 0.250. The summed E-state index contributed by atoms with van der Waals surface area (Å²) in [7, 11) is 1.58. The third kappa shape index (κ3) is 5.26. The van der Waals surface area contributed by atoms with Crippen molar-refractivity contribution < 1.29 is 14.3 Å². The average molecular weight is 402 g/mol. The van der Waals surface area contributed by atoms with Crippen LogP contribution in [0.3, 0.4) is 0 Å². The van der Waals surface area contributed by atoms with E-state index in [9.17, 15) is 9.59 Å². The van der Waals surface area contributed by atoms with Crippen molar-refractivity contribution in [2.45, 2.75) is 26.2 Å². The molecule has 2 amide bonds.